The van der Waals surface area contributed by atoms with Gasteiger partial charge in [0.2, 0.25) is 0 Å². The molecule has 3 atom stereocenters. The van der Waals surface area contributed by atoms with Crippen LogP contribution < -0.4 is 5.32 Å². The Morgan fingerprint density at radius 2 is 2.06 bits per heavy atom. The molecule has 4 nitrogen and oxygen atoms in total. The van der Waals surface area contributed by atoms with E-state index >= 15 is 0 Å². The Kier molecular flexibility index (Phi) is 6.41. The maximum absolute atomic E-state index is 5.90. The summed E-state index contributed by atoms with van der Waals surface area (Å²) >= 11 is 0. The molecule has 2 fully saturated rings. The Labute approximate surface area is 110 Å². The summed E-state index contributed by atoms with van der Waals surface area (Å²) in [6, 6.07) is 0. The zero-order chi connectivity index (χ0) is 12.6. The highest BCUT2D eigenvalue weighted by atomic mass is 16.5. The first kappa shape index (κ1) is 14.3. The largest absolute Gasteiger partial charge is 0.381 e. The van der Waals surface area contributed by atoms with E-state index in [1.54, 1.807) is 7.11 Å². The summed E-state index contributed by atoms with van der Waals surface area (Å²) in [5, 5.41) is 3.41. The minimum Gasteiger partial charge on any atom is -0.381 e. The predicted molar refractivity (Wildman–Crippen MR) is 70.8 cm³/mol. The number of ether oxygens (including phenoxy) is 3. The molecule has 2 aliphatic rings. The van der Waals surface area contributed by atoms with Crippen molar-refractivity contribution in [2.45, 2.75) is 56.8 Å². The van der Waals surface area contributed by atoms with Crippen molar-refractivity contribution in [1.29, 1.82) is 0 Å². The molecule has 106 valence electrons. The molecule has 18 heavy (non-hydrogen) atoms. The summed E-state index contributed by atoms with van der Waals surface area (Å²) in [6.07, 6.45) is 8.30. The molecule has 1 heterocycles. The number of hydrogen-bond donors (Lipinski definition) is 1. The molecule has 2 rings (SSSR count). The lowest BCUT2D eigenvalue weighted by molar-refractivity contribution is -0.0286. The smallest absolute Gasteiger partial charge is 0.0700 e. The van der Waals surface area contributed by atoms with Crippen LogP contribution in [0.25, 0.3) is 0 Å². The van der Waals surface area contributed by atoms with Gasteiger partial charge in [0.05, 0.1) is 24.9 Å². The average molecular weight is 257 g/mol. The highest BCUT2D eigenvalue weighted by molar-refractivity contribution is 4.73. The second kappa shape index (κ2) is 8.10. The first-order valence-corrected chi connectivity index (χ1v) is 7.35. The molecule has 0 bridgehead atoms. The molecule has 0 aromatic heterocycles. The van der Waals surface area contributed by atoms with Crippen molar-refractivity contribution in [3.8, 4) is 0 Å². The molecule has 1 saturated heterocycles. The van der Waals surface area contributed by atoms with Gasteiger partial charge in [0.1, 0.15) is 0 Å². The maximum atomic E-state index is 5.90. The van der Waals surface area contributed by atoms with Gasteiger partial charge in [-0.05, 0) is 38.5 Å². The first-order valence-electron chi connectivity index (χ1n) is 7.35. The second-order valence-electron chi connectivity index (χ2n) is 5.36. The van der Waals surface area contributed by atoms with Gasteiger partial charge in [-0.25, -0.2) is 0 Å². The van der Waals surface area contributed by atoms with Gasteiger partial charge in [0, 0.05) is 26.8 Å². The van der Waals surface area contributed by atoms with Crippen molar-refractivity contribution in [3.63, 3.8) is 0 Å². The average Bonchev–Trinajstić information content (AvgIpc) is 2.92. The van der Waals surface area contributed by atoms with Crippen LogP contribution in [0.3, 0.4) is 0 Å². The molecular formula is C14H27NO3. The van der Waals surface area contributed by atoms with Crippen LogP contribution in [-0.4, -0.2) is 51.7 Å². The fourth-order valence-corrected chi connectivity index (χ4v) is 2.83. The summed E-state index contributed by atoms with van der Waals surface area (Å²) < 4.78 is 16.9. The van der Waals surface area contributed by atoms with Crippen molar-refractivity contribution in [3.05, 3.63) is 0 Å². The Morgan fingerprint density at radius 1 is 1.17 bits per heavy atom. The van der Waals surface area contributed by atoms with Crippen LogP contribution in [0.4, 0.5) is 0 Å². The molecule has 4 heteroatoms. The van der Waals surface area contributed by atoms with Crippen molar-refractivity contribution >= 4 is 0 Å². The third-order valence-corrected chi connectivity index (χ3v) is 3.94. The Balaban J connectivity index is 1.47. The highest BCUT2D eigenvalue weighted by Crippen LogP contribution is 2.22. The molecule has 1 N–H and O–H groups in total. The van der Waals surface area contributed by atoms with Crippen LogP contribution in [-0.2, 0) is 14.2 Å². The highest BCUT2D eigenvalue weighted by Gasteiger charge is 2.22. The number of hydrogen-bond acceptors (Lipinski definition) is 4. The van der Waals surface area contributed by atoms with Gasteiger partial charge in [-0.1, -0.05) is 0 Å². The lowest BCUT2D eigenvalue weighted by atomic mass is 9.95. The van der Waals surface area contributed by atoms with Crippen LogP contribution in [0.1, 0.15) is 38.5 Å². The summed E-state index contributed by atoms with van der Waals surface area (Å²) in [5.74, 6) is 0. The minimum atomic E-state index is 0.397. The van der Waals surface area contributed by atoms with Crippen molar-refractivity contribution in [2.75, 3.05) is 33.4 Å². The van der Waals surface area contributed by atoms with E-state index in [1.807, 2.05) is 0 Å². The van der Waals surface area contributed by atoms with E-state index in [0.717, 1.165) is 32.7 Å². The topological polar surface area (TPSA) is 39.7 Å². The summed E-state index contributed by atoms with van der Waals surface area (Å²) in [6.45, 7) is 3.62. The van der Waals surface area contributed by atoms with E-state index in [0.29, 0.717) is 18.3 Å². The van der Waals surface area contributed by atoms with Crippen LogP contribution >= 0.6 is 0 Å². The summed E-state index contributed by atoms with van der Waals surface area (Å²) in [7, 11) is 1.80. The minimum absolute atomic E-state index is 0.397. The van der Waals surface area contributed by atoms with Gasteiger partial charge in [0.15, 0.2) is 0 Å². The molecule has 1 aliphatic carbocycles. The van der Waals surface area contributed by atoms with E-state index in [-0.39, 0.29) is 0 Å². The summed E-state index contributed by atoms with van der Waals surface area (Å²) in [5.41, 5.74) is 0. The van der Waals surface area contributed by atoms with Crippen LogP contribution in [0.15, 0.2) is 0 Å². The van der Waals surface area contributed by atoms with Gasteiger partial charge in [0.25, 0.3) is 0 Å². The van der Waals surface area contributed by atoms with Crippen LogP contribution in [0.5, 0.6) is 0 Å². The summed E-state index contributed by atoms with van der Waals surface area (Å²) in [4.78, 5) is 0. The second-order valence-corrected chi connectivity index (χ2v) is 5.36. The fourth-order valence-electron chi connectivity index (χ4n) is 2.83. The molecule has 0 amide bonds. The zero-order valence-corrected chi connectivity index (χ0v) is 11.5. The monoisotopic (exact) mass is 257 g/mol. The molecule has 3 unspecified atom stereocenters. The van der Waals surface area contributed by atoms with Gasteiger partial charge >= 0.3 is 0 Å². The third-order valence-electron chi connectivity index (χ3n) is 3.94. The molecule has 0 aromatic carbocycles. The van der Waals surface area contributed by atoms with E-state index in [2.05, 4.69) is 5.32 Å². The fraction of sp³-hybridized carbons (Fsp3) is 1.00. The Hall–Kier alpha value is -0.160. The van der Waals surface area contributed by atoms with Crippen LogP contribution in [0, 0.1) is 0 Å². The standard InChI is InChI=1S/C14H27NO3/c1-16-12-4-2-5-13(10-12)18-9-7-15-11-14-6-3-8-17-14/h12-15H,2-11H2,1H3. The molecule has 0 spiro atoms. The first-order chi connectivity index (χ1) is 8.88. The lowest BCUT2D eigenvalue weighted by Crippen LogP contribution is -2.32. The Bertz CT molecular complexity index is 219. The normalized spacial score (nSPS) is 32.8. The predicted octanol–water partition coefficient (Wildman–Crippen LogP) is 1.73. The van der Waals surface area contributed by atoms with E-state index < -0.39 is 0 Å². The third kappa shape index (κ3) is 4.84. The van der Waals surface area contributed by atoms with Gasteiger partial charge < -0.3 is 19.5 Å². The van der Waals surface area contributed by atoms with Crippen molar-refractivity contribution < 1.29 is 14.2 Å². The molecular weight excluding hydrogens is 230 g/mol. The molecule has 0 aromatic rings. The molecule has 0 radical (unpaired) electrons. The molecule has 1 saturated carbocycles. The van der Waals surface area contributed by atoms with Gasteiger partial charge in [-0.15, -0.1) is 0 Å². The molecule has 1 aliphatic heterocycles. The van der Waals surface area contributed by atoms with Gasteiger partial charge in [-0.2, -0.15) is 0 Å². The quantitative estimate of drug-likeness (QED) is 0.705. The number of nitrogens with one attached hydrogen (secondary N) is 1. The zero-order valence-electron chi connectivity index (χ0n) is 11.5. The maximum Gasteiger partial charge on any atom is 0.0700 e. The SMILES string of the molecule is COC1CCCC(OCCNCC2CCCO2)C1. The van der Waals surface area contributed by atoms with E-state index in [4.69, 9.17) is 14.2 Å². The number of rotatable bonds is 7. The van der Waals surface area contributed by atoms with E-state index in [1.165, 1.54) is 32.1 Å². The van der Waals surface area contributed by atoms with Crippen molar-refractivity contribution in [2.24, 2.45) is 0 Å². The van der Waals surface area contributed by atoms with Gasteiger partial charge in [-0.3, -0.25) is 0 Å². The Morgan fingerprint density at radius 3 is 2.83 bits per heavy atom. The van der Waals surface area contributed by atoms with Crippen molar-refractivity contribution in [1.82, 2.24) is 5.32 Å². The van der Waals surface area contributed by atoms with Crippen LogP contribution in [0.2, 0.25) is 0 Å². The lowest BCUT2D eigenvalue weighted by Gasteiger charge is -2.28. The number of methoxy groups -OCH3 is 1. The van der Waals surface area contributed by atoms with E-state index in [9.17, 15) is 0 Å².